The van der Waals surface area contributed by atoms with E-state index in [0.29, 0.717) is 0 Å². The van der Waals surface area contributed by atoms with E-state index >= 15 is 0 Å². The number of amidine groups is 1. The lowest BCUT2D eigenvalue weighted by atomic mass is 10.2. The van der Waals surface area contributed by atoms with Crippen molar-refractivity contribution in [2.24, 2.45) is 0 Å². The largest absolute Gasteiger partial charge is 1.00 e. The van der Waals surface area contributed by atoms with Crippen LogP contribution in [0.15, 0.2) is 66.7 Å². The Kier molecular flexibility index (Phi) is 4.81. The summed E-state index contributed by atoms with van der Waals surface area (Å²) in [5.41, 5.74) is 11.4. The van der Waals surface area contributed by atoms with Crippen molar-refractivity contribution in [1.82, 2.24) is 15.9 Å². The van der Waals surface area contributed by atoms with Gasteiger partial charge in [0.05, 0.1) is 16.9 Å². The van der Waals surface area contributed by atoms with E-state index in [2.05, 4.69) is 60.1 Å². The van der Waals surface area contributed by atoms with E-state index in [4.69, 9.17) is 0 Å². The number of hydrogen-bond acceptors (Lipinski definition) is 3. The van der Waals surface area contributed by atoms with Crippen molar-refractivity contribution in [3.05, 3.63) is 83.6 Å². The summed E-state index contributed by atoms with van der Waals surface area (Å²) >= 11 is 0. The molecule has 4 rings (SSSR count). The van der Waals surface area contributed by atoms with Crippen molar-refractivity contribution < 1.29 is 21.7 Å². The molecule has 1 aliphatic rings. The molecule has 1 aliphatic heterocycles. The second-order valence-corrected chi connectivity index (χ2v) is 5.90. The van der Waals surface area contributed by atoms with Gasteiger partial charge in [0.1, 0.15) is 0 Å². The van der Waals surface area contributed by atoms with Crippen LogP contribution in [0.4, 0.5) is 11.5 Å². The summed E-state index contributed by atoms with van der Waals surface area (Å²) in [6.45, 7) is 4.19. The standard InChI is InChI=1S/C19H19N5.BrH/c1-14-13-18(20-15(14)2)23-19(16-9-5-3-6-10-16)21-24(22-23)17-11-7-4-8-12-17;/h3-13,20,22H,1-2H3;1H. The lowest BCUT2D eigenvalue weighted by Gasteiger charge is -2.14. The first-order chi connectivity index (χ1) is 11.7. The lowest BCUT2D eigenvalue weighted by Crippen LogP contribution is -3.00. The van der Waals surface area contributed by atoms with Crippen molar-refractivity contribution in [3.8, 4) is 0 Å². The molecule has 0 radical (unpaired) electrons. The Bertz CT molecular complexity index is 867. The quantitative estimate of drug-likeness (QED) is 0.552. The highest BCUT2D eigenvalue weighted by Crippen LogP contribution is 2.20. The van der Waals surface area contributed by atoms with Gasteiger partial charge in [0, 0.05) is 6.07 Å². The maximum atomic E-state index is 3.45. The first-order valence-electron chi connectivity index (χ1n) is 7.99. The minimum Gasteiger partial charge on any atom is -1.00 e. The molecule has 0 saturated heterocycles. The van der Waals surface area contributed by atoms with Crippen LogP contribution < -0.4 is 33.1 Å². The number of anilines is 1. The van der Waals surface area contributed by atoms with Crippen molar-refractivity contribution >= 4 is 17.3 Å². The predicted molar refractivity (Wildman–Crippen MR) is 95.9 cm³/mol. The maximum Gasteiger partial charge on any atom is 0.276 e. The van der Waals surface area contributed by atoms with E-state index in [0.717, 1.165) is 28.6 Å². The Balaban J connectivity index is 0.00000182. The molecule has 0 fully saturated rings. The minimum absolute atomic E-state index is 0. The van der Waals surface area contributed by atoms with E-state index < -0.39 is 0 Å². The number of benzene rings is 2. The zero-order valence-electron chi connectivity index (χ0n) is 14.1. The number of para-hydroxylation sites is 1. The van der Waals surface area contributed by atoms with Gasteiger partial charge in [0.25, 0.3) is 11.7 Å². The van der Waals surface area contributed by atoms with Gasteiger partial charge in [-0.05, 0) is 43.7 Å². The second-order valence-electron chi connectivity index (χ2n) is 5.90. The molecule has 2 heterocycles. The van der Waals surface area contributed by atoms with Crippen LogP contribution in [0, 0.1) is 13.8 Å². The van der Waals surface area contributed by atoms with Crippen molar-refractivity contribution in [3.63, 3.8) is 0 Å². The van der Waals surface area contributed by atoms with Crippen LogP contribution in [0.2, 0.25) is 0 Å². The summed E-state index contributed by atoms with van der Waals surface area (Å²) in [5, 5.41) is 1.91. The molecule has 25 heavy (non-hydrogen) atoms. The highest BCUT2D eigenvalue weighted by molar-refractivity contribution is 5.97. The van der Waals surface area contributed by atoms with Crippen LogP contribution in [0.25, 0.3) is 0 Å². The molecule has 128 valence electrons. The number of aromatic nitrogens is 1. The van der Waals surface area contributed by atoms with Crippen molar-refractivity contribution in [1.29, 1.82) is 0 Å². The summed E-state index contributed by atoms with van der Waals surface area (Å²) < 4.78 is 2.03. The average molecular weight is 398 g/mol. The molecule has 0 unspecified atom stereocenters. The third-order valence-corrected chi connectivity index (χ3v) is 4.20. The monoisotopic (exact) mass is 397 g/mol. The van der Waals surface area contributed by atoms with Gasteiger partial charge in [-0.1, -0.05) is 36.4 Å². The van der Waals surface area contributed by atoms with Gasteiger partial charge in [0.2, 0.25) is 0 Å². The molecule has 6 heteroatoms. The Labute approximate surface area is 157 Å². The molecule has 0 spiro atoms. The summed E-state index contributed by atoms with van der Waals surface area (Å²) in [6.07, 6.45) is 0. The third kappa shape index (κ3) is 3.25. The number of hydrazone groups is 1. The van der Waals surface area contributed by atoms with Gasteiger partial charge in [-0.15, -0.1) is 9.80 Å². The number of H-pyrrole nitrogens is 1. The molecular weight excluding hydrogens is 378 g/mol. The van der Waals surface area contributed by atoms with Crippen LogP contribution in [0.3, 0.4) is 0 Å². The molecule has 0 saturated carbocycles. The molecular formula is C19H20BrN5. The summed E-state index contributed by atoms with van der Waals surface area (Å²) in [5.74, 6) is 1.97. The van der Waals surface area contributed by atoms with E-state index in [-0.39, 0.29) is 17.0 Å². The number of aryl methyl sites for hydroxylation is 2. The topological polar surface area (TPSA) is 46.1 Å². The first-order valence-corrected chi connectivity index (χ1v) is 7.99. The molecule has 3 N–H and O–H groups in total. The molecule has 1 aromatic heterocycles. The highest BCUT2D eigenvalue weighted by Gasteiger charge is 2.30. The van der Waals surface area contributed by atoms with Gasteiger partial charge in [-0.2, -0.15) is 11.0 Å². The molecule has 0 bridgehead atoms. The van der Waals surface area contributed by atoms with Crippen LogP contribution >= 0.6 is 0 Å². The molecule has 0 amide bonds. The third-order valence-electron chi connectivity index (χ3n) is 4.20. The van der Waals surface area contributed by atoms with Crippen LogP contribution in [0.5, 0.6) is 0 Å². The number of nitrogens with zero attached hydrogens (tertiary/aromatic N) is 2. The number of hydrogen-bond donors (Lipinski definition) is 3. The smallest absolute Gasteiger partial charge is 0.276 e. The SMILES string of the molecule is Cc1cc([N+]2=C(c3ccccc3)NN(c3ccccc3)N2)[nH]c1C.[Br-]. The molecule has 0 aliphatic carbocycles. The van der Waals surface area contributed by atoms with E-state index in [1.165, 1.54) is 5.56 Å². The number of rotatable bonds is 3. The number of aromatic amines is 1. The molecule has 3 aromatic rings. The molecule has 2 aromatic carbocycles. The fourth-order valence-corrected chi connectivity index (χ4v) is 2.75. The van der Waals surface area contributed by atoms with Gasteiger partial charge in [-0.25, -0.2) is 0 Å². The van der Waals surface area contributed by atoms with E-state index in [1.54, 1.807) is 0 Å². The Morgan fingerprint density at radius 3 is 2.12 bits per heavy atom. The van der Waals surface area contributed by atoms with Gasteiger partial charge < -0.3 is 17.0 Å². The minimum atomic E-state index is 0. The predicted octanol–water partition coefficient (Wildman–Crippen LogP) is 0.171. The summed E-state index contributed by atoms with van der Waals surface area (Å²) in [4.78, 5) is 3.43. The molecule has 0 atom stereocenters. The Morgan fingerprint density at radius 1 is 0.880 bits per heavy atom. The van der Waals surface area contributed by atoms with E-state index in [9.17, 15) is 0 Å². The van der Waals surface area contributed by atoms with Gasteiger partial charge in [0.15, 0.2) is 0 Å². The number of halogens is 1. The van der Waals surface area contributed by atoms with E-state index in [1.807, 2.05) is 46.2 Å². The van der Waals surface area contributed by atoms with Crippen molar-refractivity contribution in [2.75, 3.05) is 5.12 Å². The summed E-state index contributed by atoms with van der Waals surface area (Å²) in [7, 11) is 0. The lowest BCUT2D eigenvalue weighted by molar-refractivity contribution is -0.502. The van der Waals surface area contributed by atoms with Crippen LogP contribution in [-0.2, 0) is 0 Å². The fraction of sp³-hybridized carbons (Fsp3) is 0.105. The maximum absolute atomic E-state index is 3.45. The highest BCUT2D eigenvalue weighted by atomic mass is 79.9. The van der Waals surface area contributed by atoms with Crippen LogP contribution in [-0.4, -0.2) is 15.5 Å². The van der Waals surface area contributed by atoms with Crippen molar-refractivity contribution in [2.45, 2.75) is 13.8 Å². The zero-order chi connectivity index (χ0) is 16.5. The number of nitrogens with one attached hydrogen (secondary N) is 3. The zero-order valence-corrected chi connectivity index (χ0v) is 15.7. The molecule has 5 nitrogen and oxygen atoms in total. The van der Waals surface area contributed by atoms with Gasteiger partial charge >= 0.3 is 0 Å². The second kappa shape index (κ2) is 7.03. The first kappa shape index (κ1) is 17.1. The normalized spacial score (nSPS) is 13.3. The fourth-order valence-electron chi connectivity index (χ4n) is 2.75. The van der Waals surface area contributed by atoms with Gasteiger partial charge in [-0.3, -0.25) is 4.98 Å². The summed E-state index contributed by atoms with van der Waals surface area (Å²) in [6, 6.07) is 22.6. The average Bonchev–Trinajstić information content (AvgIpc) is 3.21. The Morgan fingerprint density at radius 2 is 1.52 bits per heavy atom. The number of hydrazine groups is 3. The Hall–Kier alpha value is -2.73. The van der Waals surface area contributed by atoms with Crippen LogP contribution in [0.1, 0.15) is 16.8 Å².